The van der Waals surface area contributed by atoms with Gasteiger partial charge in [0.05, 0.1) is 12.7 Å². The van der Waals surface area contributed by atoms with Crippen molar-refractivity contribution in [2.24, 2.45) is 5.92 Å². The van der Waals surface area contributed by atoms with Crippen molar-refractivity contribution >= 4 is 17.5 Å². The summed E-state index contributed by atoms with van der Waals surface area (Å²) in [5.41, 5.74) is 0.482. The smallest absolute Gasteiger partial charge is 0.255 e. The summed E-state index contributed by atoms with van der Waals surface area (Å²) in [6.07, 6.45) is 4.39. The highest BCUT2D eigenvalue weighted by molar-refractivity contribution is 6.31. The summed E-state index contributed by atoms with van der Waals surface area (Å²) in [5, 5.41) is 3.46. The molecule has 116 valence electrons. The molecule has 1 aliphatic rings. The van der Waals surface area contributed by atoms with E-state index in [1.54, 1.807) is 25.3 Å². The van der Waals surface area contributed by atoms with Crippen LogP contribution in [-0.4, -0.2) is 32.8 Å². The summed E-state index contributed by atoms with van der Waals surface area (Å²) >= 11 is 5.93. The summed E-state index contributed by atoms with van der Waals surface area (Å²) in [7, 11) is 1.55. The SMILES string of the molecule is COc1ccc(Cl)cc1C(=O)NCCCC1CCOCC1. The molecule has 1 aromatic carbocycles. The van der Waals surface area contributed by atoms with Crippen molar-refractivity contribution < 1.29 is 14.3 Å². The maximum Gasteiger partial charge on any atom is 0.255 e. The minimum absolute atomic E-state index is 0.138. The second-order valence-electron chi connectivity index (χ2n) is 5.30. The summed E-state index contributed by atoms with van der Waals surface area (Å²) in [5.74, 6) is 1.14. The Morgan fingerprint density at radius 1 is 1.43 bits per heavy atom. The Hall–Kier alpha value is -1.26. The van der Waals surface area contributed by atoms with E-state index in [0.29, 0.717) is 22.9 Å². The van der Waals surface area contributed by atoms with E-state index in [9.17, 15) is 4.79 Å². The average molecular weight is 312 g/mol. The highest BCUT2D eigenvalue weighted by Crippen LogP contribution is 2.23. The lowest BCUT2D eigenvalue weighted by Gasteiger charge is -2.21. The topological polar surface area (TPSA) is 47.6 Å². The third-order valence-corrected chi connectivity index (χ3v) is 4.06. The lowest BCUT2D eigenvalue weighted by Crippen LogP contribution is -2.26. The largest absolute Gasteiger partial charge is 0.496 e. The number of carbonyl (C=O) groups is 1. The molecule has 1 aliphatic heterocycles. The second kappa shape index (κ2) is 8.25. The van der Waals surface area contributed by atoms with E-state index in [2.05, 4.69) is 5.32 Å². The number of benzene rings is 1. The Kier molecular flexibility index (Phi) is 6.33. The van der Waals surface area contributed by atoms with Gasteiger partial charge in [-0.05, 0) is 49.8 Å². The molecule has 0 aromatic heterocycles. The number of amides is 1. The molecule has 21 heavy (non-hydrogen) atoms. The number of hydrogen-bond donors (Lipinski definition) is 1. The quantitative estimate of drug-likeness (QED) is 0.820. The molecule has 0 atom stereocenters. The van der Waals surface area contributed by atoms with Crippen LogP contribution in [0, 0.1) is 5.92 Å². The first-order valence-corrected chi connectivity index (χ1v) is 7.78. The molecule has 0 saturated carbocycles. The maximum absolute atomic E-state index is 12.2. The standard InChI is InChI=1S/C16H22ClNO3/c1-20-15-5-4-13(17)11-14(15)16(19)18-8-2-3-12-6-9-21-10-7-12/h4-5,11-12H,2-3,6-10H2,1H3,(H,18,19). The molecule has 0 aliphatic carbocycles. The van der Waals surface area contributed by atoms with E-state index < -0.39 is 0 Å². The predicted molar refractivity (Wildman–Crippen MR) is 83.1 cm³/mol. The van der Waals surface area contributed by atoms with Gasteiger partial charge in [0.15, 0.2) is 0 Å². The minimum atomic E-state index is -0.138. The van der Waals surface area contributed by atoms with Gasteiger partial charge in [-0.15, -0.1) is 0 Å². The van der Waals surface area contributed by atoms with Gasteiger partial charge in [-0.1, -0.05) is 11.6 Å². The van der Waals surface area contributed by atoms with E-state index in [4.69, 9.17) is 21.1 Å². The van der Waals surface area contributed by atoms with Gasteiger partial charge in [0, 0.05) is 24.8 Å². The number of halogens is 1. The first-order valence-electron chi connectivity index (χ1n) is 7.40. The van der Waals surface area contributed by atoms with Crippen molar-refractivity contribution in [3.8, 4) is 5.75 Å². The number of rotatable bonds is 6. The number of ether oxygens (including phenoxy) is 2. The molecule has 0 radical (unpaired) electrons. The zero-order valence-corrected chi connectivity index (χ0v) is 13.1. The van der Waals surface area contributed by atoms with Crippen molar-refractivity contribution in [3.05, 3.63) is 28.8 Å². The van der Waals surface area contributed by atoms with Gasteiger partial charge in [-0.25, -0.2) is 0 Å². The lowest BCUT2D eigenvalue weighted by atomic mass is 9.95. The summed E-state index contributed by atoms with van der Waals surface area (Å²) in [6, 6.07) is 5.05. The van der Waals surface area contributed by atoms with Crippen molar-refractivity contribution in [1.29, 1.82) is 0 Å². The van der Waals surface area contributed by atoms with Gasteiger partial charge < -0.3 is 14.8 Å². The first kappa shape index (κ1) is 16.1. The molecule has 0 spiro atoms. The Bertz CT molecular complexity index is 473. The van der Waals surface area contributed by atoms with E-state index >= 15 is 0 Å². The highest BCUT2D eigenvalue weighted by Gasteiger charge is 2.15. The van der Waals surface area contributed by atoms with Crippen LogP contribution in [0.3, 0.4) is 0 Å². The Morgan fingerprint density at radius 2 is 2.19 bits per heavy atom. The molecular weight excluding hydrogens is 290 g/mol. The van der Waals surface area contributed by atoms with Crippen molar-refractivity contribution in [3.63, 3.8) is 0 Å². The van der Waals surface area contributed by atoms with Crippen LogP contribution < -0.4 is 10.1 Å². The van der Waals surface area contributed by atoms with Gasteiger partial charge in [-0.3, -0.25) is 4.79 Å². The fourth-order valence-corrected chi connectivity index (χ4v) is 2.75. The van der Waals surface area contributed by atoms with Crippen LogP contribution >= 0.6 is 11.6 Å². The predicted octanol–water partition coefficient (Wildman–Crippen LogP) is 3.29. The monoisotopic (exact) mass is 311 g/mol. The van der Waals surface area contributed by atoms with E-state index in [-0.39, 0.29) is 5.91 Å². The van der Waals surface area contributed by atoms with Gasteiger partial charge in [-0.2, -0.15) is 0 Å². The number of methoxy groups -OCH3 is 1. The Labute approximate surface area is 130 Å². The molecule has 4 nitrogen and oxygen atoms in total. The van der Waals surface area contributed by atoms with E-state index in [1.807, 2.05) is 0 Å². The summed E-state index contributed by atoms with van der Waals surface area (Å²) in [6.45, 7) is 2.42. The van der Waals surface area contributed by atoms with E-state index in [0.717, 1.165) is 44.8 Å². The minimum Gasteiger partial charge on any atom is -0.496 e. The third-order valence-electron chi connectivity index (χ3n) is 3.82. The van der Waals surface area contributed by atoms with Gasteiger partial charge in [0.1, 0.15) is 5.75 Å². The summed E-state index contributed by atoms with van der Waals surface area (Å²) < 4.78 is 10.5. The Morgan fingerprint density at radius 3 is 2.90 bits per heavy atom. The fraction of sp³-hybridized carbons (Fsp3) is 0.562. The van der Waals surface area contributed by atoms with Crippen LogP contribution in [0.15, 0.2) is 18.2 Å². The molecule has 0 unspecified atom stereocenters. The average Bonchev–Trinajstić information content (AvgIpc) is 2.52. The molecule has 2 rings (SSSR count). The van der Waals surface area contributed by atoms with Crippen molar-refractivity contribution in [2.75, 3.05) is 26.9 Å². The van der Waals surface area contributed by atoms with Crippen LogP contribution in [0.2, 0.25) is 5.02 Å². The zero-order valence-electron chi connectivity index (χ0n) is 12.4. The number of hydrogen-bond acceptors (Lipinski definition) is 3. The Balaban J connectivity index is 1.77. The van der Waals surface area contributed by atoms with Gasteiger partial charge in [0.2, 0.25) is 0 Å². The molecule has 5 heteroatoms. The molecule has 1 saturated heterocycles. The molecule has 1 heterocycles. The van der Waals surface area contributed by atoms with Crippen LogP contribution in [0.25, 0.3) is 0 Å². The zero-order chi connectivity index (χ0) is 15.1. The normalized spacial score (nSPS) is 15.7. The van der Waals surface area contributed by atoms with Crippen LogP contribution in [0.4, 0.5) is 0 Å². The molecule has 1 aromatic rings. The lowest BCUT2D eigenvalue weighted by molar-refractivity contribution is 0.0631. The number of nitrogens with one attached hydrogen (secondary N) is 1. The van der Waals surface area contributed by atoms with Crippen LogP contribution in [0.5, 0.6) is 5.75 Å². The molecule has 1 fully saturated rings. The first-order chi connectivity index (χ1) is 10.2. The molecule has 0 bridgehead atoms. The molecule has 1 amide bonds. The van der Waals surface area contributed by atoms with Crippen LogP contribution in [-0.2, 0) is 4.74 Å². The van der Waals surface area contributed by atoms with Gasteiger partial charge >= 0.3 is 0 Å². The number of carbonyl (C=O) groups excluding carboxylic acids is 1. The van der Waals surface area contributed by atoms with Gasteiger partial charge in [0.25, 0.3) is 5.91 Å². The maximum atomic E-state index is 12.2. The third kappa shape index (κ3) is 4.90. The molecular formula is C16H22ClNO3. The fourth-order valence-electron chi connectivity index (χ4n) is 2.58. The van der Waals surface area contributed by atoms with Crippen molar-refractivity contribution in [2.45, 2.75) is 25.7 Å². The van der Waals surface area contributed by atoms with Crippen molar-refractivity contribution in [1.82, 2.24) is 5.32 Å². The van der Waals surface area contributed by atoms with Crippen LogP contribution in [0.1, 0.15) is 36.0 Å². The summed E-state index contributed by atoms with van der Waals surface area (Å²) in [4.78, 5) is 12.2. The highest BCUT2D eigenvalue weighted by atomic mass is 35.5. The van der Waals surface area contributed by atoms with E-state index in [1.165, 1.54) is 0 Å². The second-order valence-corrected chi connectivity index (χ2v) is 5.73. The molecule has 1 N–H and O–H groups in total.